The van der Waals surface area contributed by atoms with Gasteiger partial charge in [0, 0.05) is 37.4 Å². The summed E-state index contributed by atoms with van der Waals surface area (Å²) in [5.41, 5.74) is 1.06. The Bertz CT molecular complexity index is 385. The van der Waals surface area contributed by atoms with E-state index in [0.29, 0.717) is 6.54 Å². The van der Waals surface area contributed by atoms with E-state index in [9.17, 15) is 4.79 Å². The minimum absolute atomic E-state index is 0.0822. The number of aromatic nitrogens is 1. The van der Waals surface area contributed by atoms with Crippen molar-refractivity contribution in [3.8, 4) is 0 Å². The van der Waals surface area contributed by atoms with Gasteiger partial charge in [-0.2, -0.15) is 0 Å². The van der Waals surface area contributed by atoms with E-state index in [0.717, 1.165) is 18.7 Å². The number of pyridine rings is 1. The lowest BCUT2D eigenvalue weighted by molar-refractivity contribution is -0.126. The van der Waals surface area contributed by atoms with Crippen LogP contribution >= 0.6 is 0 Å². The Balaban J connectivity index is 1.91. The first kappa shape index (κ1) is 12.0. The van der Waals surface area contributed by atoms with Crippen molar-refractivity contribution in [2.75, 3.05) is 19.6 Å². The number of nitrogens with one attached hydrogen (secondary N) is 2. The molecular weight excluding hydrogens is 214 g/mol. The topological polar surface area (TPSA) is 54.0 Å². The van der Waals surface area contributed by atoms with Crippen LogP contribution in [-0.2, 0) is 10.2 Å². The van der Waals surface area contributed by atoms with E-state index in [1.54, 1.807) is 6.20 Å². The van der Waals surface area contributed by atoms with Gasteiger partial charge in [0.2, 0.25) is 5.91 Å². The summed E-state index contributed by atoms with van der Waals surface area (Å²) in [5.74, 6) is 0.306. The first-order chi connectivity index (χ1) is 8.09. The van der Waals surface area contributed by atoms with Gasteiger partial charge in [-0.25, -0.2) is 0 Å². The summed E-state index contributed by atoms with van der Waals surface area (Å²) in [6, 6.07) is 3.97. The first-order valence-corrected chi connectivity index (χ1v) is 5.98. The van der Waals surface area contributed by atoms with Gasteiger partial charge in [0.1, 0.15) is 0 Å². The van der Waals surface area contributed by atoms with E-state index in [2.05, 4.69) is 29.5 Å². The van der Waals surface area contributed by atoms with Crippen LogP contribution in [0.1, 0.15) is 19.4 Å². The molecule has 0 saturated carbocycles. The lowest BCUT2D eigenvalue weighted by Gasteiger charge is -2.29. The molecule has 1 fully saturated rings. The highest BCUT2D eigenvalue weighted by molar-refractivity contribution is 5.80. The monoisotopic (exact) mass is 233 g/mol. The second-order valence-corrected chi connectivity index (χ2v) is 5.20. The fourth-order valence-corrected chi connectivity index (χ4v) is 1.79. The smallest absolute Gasteiger partial charge is 0.225 e. The average Bonchev–Trinajstić information content (AvgIpc) is 2.25. The minimum atomic E-state index is -0.0822. The molecule has 1 saturated heterocycles. The summed E-state index contributed by atoms with van der Waals surface area (Å²) in [6.45, 7) is 6.49. The molecule has 1 aliphatic heterocycles. The van der Waals surface area contributed by atoms with Gasteiger partial charge in [0.25, 0.3) is 0 Å². The molecule has 17 heavy (non-hydrogen) atoms. The molecule has 0 radical (unpaired) electrons. The number of nitrogens with zero attached hydrogens (tertiary/aromatic N) is 1. The van der Waals surface area contributed by atoms with Crippen molar-refractivity contribution in [1.29, 1.82) is 0 Å². The van der Waals surface area contributed by atoms with Crippen LogP contribution in [0.3, 0.4) is 0 Å². The van der Waals surface area contributed by atoms with E-state index in [4.69, 9.17) is 0 Å². The molecule has 0 atom stereocenters. The molecule has 0 unspecified atom stereocenters. The number of rotatable bonds is 4. The summed E-state index contributed by atoms with van der Waals surface area (Å²) in [5, 5.41) is 6.12. The summed E-state index contributed by atoms with van der Waals surface area (Å²) >= 11 is 0. The number of hydrogen-bond donors (Lipinski definition) is 2. The molecule has 92 valence electrons. The summed E-state index contributed by atoms with van der Waals surface area (Å²) in [6.07, 6.45) is 3.62. The van der Waals surface area contributed by atoms with Crippen molar-refractivity contribution in [1.82, 2.24) is 15.6 Å². The van der Waals surface area contributed by atoms with E-state index in [1.165, 1.54) is 0 Å². The van der Waals surface area contributed by atoms with E-state index >= 15 is 0 Å². The van der Waals surface area contributed by atoms with Crippen LogP contribution in [0.25, 0.3) is 0 Å². The van der Waals surface area contributed by atoms with Crippen molar-refractivity contribution in [2.24, 2.45) is 5.92 Å². The molecule has 1 aliphatic rings. The second kappa shape index (κ2) is 4.84. The molecule has 2 heterocycles. The minimum Gasteiger partial charge on any atom is -0.355 e. The molecule has 2 N–H and O–H groups in total. The van der Waals surface area contributed by atoms with Gasteiger partial charge in [-0.3, -0.25) is 9.78 Å². The number of amides is 1. The SMILES string of the molecule is CC(C)(CNC(=O)C1CNC1)c1cccnc1. The van der Waals surface area contributed by atoms with Crippen LogP contribution in [0.4, 0.5) is 0 Å². The quantitative estimate of drug-likeness (QED) is 0.804. The van der Waals surface area contributed by atoms with Gasteiger partial charge < -0.3 is 10.6 Å². The Hall–Kier alpha value is -1.42. The molecule has 2 rings (SSSR count). The predicted octanol–water partition coefficient (Wildman–Crippen LogP) is 0.695. The third-order valence-corrected chi connectivity index (χ3v) is 3.30. The second-order valence-electron chi connectivity index (χ2n) is 5.20. The zero-order chi connectivity index (χ0) is 12.3. The lowest BCUT2D eigenvalue weighted by Crippen LogP contribution is -2.52. The van der Waals surface area contributed by atoms with E-state index in [1.807, 2.05) is 18.3 Å². The van der Waals surface area contributed by atoms with Crippen molar-refractivity contribution in [3.05, 3.63) is 30.1 Å². The number of carbonyl (C=O) groups is 1. The van der Waals surface area contributed by atoms with Crippen LogP contribution in [-0.4, -0.2) is 30.5 Å². The van der Waals surface area contributed by atoms with Gasteiger partial charge in [0.05, 0.1) is 5.92 Å². The average molecular weight is 233 g/mol. The molecule has 0 aliphatic carbocycles. The van der Waals surface area contributed by atoms with Crippen molar-refractivity contribution in [2.45, 2.75) is 19.3 Å². The molecular formula is C13H19N3O. The molecule has 4 heteroatoms. The fourth-order valence-electron chi connectivity index (χ4n) is 1.79. The molecule has 0 aromatic carbocycles. The van der Waals surface area contributed by atoms with Crippen LogP contribution in [0.5, 0.6) is 0 Å². The number of hydrogen-bond acceptors (Lipinski definition) is 3. The molecule has 1 amide bonds. The van der Waals surface area contributed by atoms with Crippen LogP contribution < -0.4 is 10.6 Å². The Morgan fingerprint density at radius 3 is 2.88 bits per heavy atom. The first-order valence-electron chi connectivity index (χ1n) is 5.98. The third kappa shape index (κ3) is 2.82. The largest absolute Gasteiger partial charge is 0.355 e. The Morgan fingerprint density at radius 1 is 1.59 bits per heavy atom. The van der Waals surface area contributed by atoms with Gasteiger partial charge >= 0.3 is 0 Å². The van der Waals surface area contributed by atoms with E-state index in [-0.39, 0.29) is 17.2 Å². The Labute approximate surface area is 102 Å². The number of carbonyl (C=O) groups excluding carboxylic acids is 1. The highest BCUT2D eigenvalue weighted by Gasteiger charge is 2.27. The normalized spacial score (nSPS) is 16.4. The fraction of sp³-hybridized carbons (Fsp3) is 0.538. The van der Waals surface area contributed by atoms with Gasteiger partial charge in [-0.05, 0) is 11.6 Å². The van der Waals surface area contributed by atoms with Crippen molar-refractivity contribution < 1.29 is 4.79 Å². The van der Waals surface area contributed by atoms with Gasteiger partial charge in [-0.1, -0.05) is 19.9 Å². The molecule has 1 aromatic heterocycles. The Kier molecular flexibility index (Phi) is 3.43. The maximum atomic E-state index is 11.7. The third-order valence-electron chi connectivity index (χ3n) is 3.30. The van der Waals surface area contributed by atoms with Crippen molar-refractivity contribution in [3.63, 3.8) is 0 Å². The summed E-state index contributed by atoms with van der Waals surface area (Å²) < 4.78 is 0. The van der Waals surface area contributed by atoms with Crippen LogP contribution in [0, 0.1) is 5.92 Å². The highest BCUT2D eigenvalue weighted by Crippen LogP contribution is 2.21. The predicted molar refractivity (Wildman–Crippen MR) is 66.6 cm³/mol. The summed E-state index contributed by atoms with van der Waals surface area (Å²) in [4.78, 5) is 15.9. The zero-order valence-electron chi connectivity index (χ0n) is 10.4. The van der Waals surface area contributed by atoms with Gasteiger partial charge in [0.15, 0.2) is 0 Å². The lowest BCUT2D eigenvalue weighted by atomic mass is 9.85. The molecule has 0 spiro atoms. The van der Waals surface area contributed by atoms with Crippen LogP contribution in [0.2, 0.25) is 0 Å². The maximum Gasteiger partial charge on any atom is 0.225 e. The standard InChI is InChI=1S/C13H19N3O/c1-13(2,11-4-3-5-14-8-11)9-16-12(17)10-6-15-7-10/h3-5,8,10,15H,6-7,9H2,1-2H3,(H,16,17). The zero-order valence-corrected chi connectivity index (χ0v) is 10.4. The van der Waals surface area contributed by atoms with Crippen molar-refractivity contribution >= 4 is 5.91 Å². The molecule has 0 bridgehead atoms. The highest BCUT2D eigenvalue weighted by atomic mass is 16.2. The van der Waals surface area contributed by atoms with E-state index < -0.39 is 0 Å². The molecule has 1 aromatic rings. The molecule has 4 nitrogen and oxygen atoms in total. The van der Waals surface area contributed by atoms with Gasteiger partial charge in [-0.15, -0.1) is 0 Å². The summed E-state index contributed by atoms with van der Waals surface area (Å²) in [7, 11) is 0. The Morgan fingerprint density at radius 2 is 2.35 bits per heavy atom. The maximum absolute atomic E-state index is 11.7. The van der Waals surface area contributed by atoms with Crippen LogP contribution in [0.15, 0.2) is 24.5 Å².